The first-order valence-corrected chi connectivity index (χ1v) is 9.57. The van der Waals surface area contributed by atoms with Crippen molar-refractivity contribution >= 4 is 17.6 Å². The van der Waals surface area contributed by atoms with Gasteiger partial charge in [0.2, 0.25) is 0 Å². The van der Waals surface area contributed by atoms with Crippen molar-refractivity contribution in [2.24, 2.45) is 5.92 Å². The average molecular weight is 379 g/mol. The predicted molar refractivity (Wildman–Crippen MR) is 103 cm³/mol. The number of nitrogens with zero attached hydrogens (tertiary/aromatic N) is 2. The Bertz CT molecular complexity index is 739. The Morgan fingerprint density at radius 3 is 2.65 bits per heavy atom. The molecule has 0 aliphatic carbocycles. The molecule has 5 nitrogen and oxygen atoms in total. The molecule has 1 aromatic carbocycles. The molecule has 0 aliphatic heterocycles. The zero-order valence-corrected chi connectivity index (χ0v) is 16.4. The molecular formula is C20H27ClN2O3. The van der Waals surface area contributed by atoms with E-state index in [9.17, 15) is 9.90 Å². The minimum absolute atomic E-state index is 0.258. The lowest BCUT2D eigenvalue weighted by molar-refractivity contribution is 0.0695. The molecule has 0 saturated heterocycles. The van der Waals surface area contributed by atoms with E-state index < -0.39 is 5.97 Å². The van der Waals surface area contributed by atoms with E-state index in [0.29, 0.717) is 36.2 Å². The molecule has 0 aliphatic rings. The molecule has 142 valence electrons. The van der Waals surface area contributed by atoms with Crippen molar-refractivity contribution in [1.82, 2.24) is 9.78 Å². The van der Waals surface area contributed by atoms with Gasteiger partial charge < -0.3 is 9.84 Å². The average Bonchev–Trinajstić information content (AvgIpc) is 3.00. The summed E-state index contributed by atoms with van der Waals surface area (Å²) in [6.07, 6.45) is 5.21. The summed E-state index contributed by atoms with van der Waals surface area (Å²) >= 11 is 6.16. The molecule has 2 rings (SSSR count). The molecule has 26 heavy (non-hydrogen) atoms. The molecule has 1 aromatic heterocycles. The molecule has 2 aromatic rings. The van der Waals surface area contributed by atoms with Crippen molar-refractivity contribution in [3.8, 4) is 5.75 Å². The third-order valence-electron chi connectivity index (χ3n) is 4.54. The van der Waals surface area contributed by atoms with Crippen LogP contribution in [0.4, 0.5) is 0 Å². The lowest BCUT2D eigenvalue weighted by Crippen LogP contribution is -2.12. The van der Waals surface area contributed by atoms with Crippen LogP contribution in [0.2, 0.25) is 5.02 Å². The van der Waals surface area contributed by atoms with Crippen LogP contribution >= 0.6 is 11.6 Å². The van der Waals surface area contributed by atoms with Gasteiger partial charge in [0, 0.05) is 16.8 Å². The van der Waals surface area contributed by atoms with Crippen LogP contribution in [0.25, 0.3) is 0 Å². The number of benzene rings is 1. The van der Waals surface area contributed by atoms with E-state index in [2.05, 4.69) is 18.9 Å². The maximum absolute atomic E-state index is 11.4. The van der Waals surface area contributed by atoms with Gasteiger partial charge in [-0.05, 0) is 30.5 Å². The number of carbonyl (C=O) groups is 1. The summed E-state index contributed by atoms with van der Waals surface area (Å²) in [6.45, 7) is 7.40. The molecule has 1 N–H and O–H groups in total. The third kappa shape index (κ3) is 5.24. The van der Waals surface area contributed by atoms with Gasteiger partial charge in [-0.25, -0.2) is 4.79 Å². The number of halogens is 1. The SMILES string of the molecule is CCCc1nn(Cc2cc(Cl)ccc2OCC(CC)CC)cc1C(=O)O. The van der Waals surface area contributed by atoms with Crippen molar-refractivity contribution in [1.29, 1.82) is 0 Å². The first-order chi connectivity index (χ1) is 12.5. The number of aromatic carboxylic acids is 1. The van der Waals surface area contributed by atoms with Crippen molar-refractivity contribution in [3.05, 3.63) is 46.2 Å². The second-order valence-electron chi connectivity index (χ2n) is 6.49. The van der Waals surface area contributed by atoms with Gasteiger partial charge in [-0.15, -0.1) is 0 Å². The number of aromatic nitrogens is 2. The monoisotopic (exact) mass is 378 g/mol. The minimum Gasteiger partial charge on any atom is -0.493 e. The van der Waals surface area contributed by atoms with E-state index in [4.69, 9.17) is 16.3 Å². The van der Waals surface area contributed by atoms with Gasteiger partial charge in [0.15, 0.2) is 0 Å². The topological polar surface area (TPSA) is 64.4 Å². The Morgan fingerprint density at radius 1 is 1.31 bits per heavy atom. The molecule has 0 amide bonds. The Kier molecular flexibility index (Phi) is 7.51. The van der Waals surface area contributed by atoms with Gasteiger partial charge in [0.25, 0.3) is 0 Å². The summed E-state index contributed by atoms with van der Waals surface area (Å²) in [5, 5.41) is 14.4. The number of ether oxygens (including phenoxy) is 1. The number of hydrogen-bond acceptors (Lipinski definition) is 3. The fourth-order valence-electron chi connectivity index (χ4n) is 2.86. The highest BCUT2D eigenvalue weighted by molar-refractivity contribution is 6.30. The first kappa shape index (κ1) is 20.3. The van der Waals surface area contributed by atoms with E-state index in [0.717, 1.165) is 30.6 Å². The second-order valence-corrected chi connectivity index (χ2v) is 6.92. The summed E-state index contributed by atoms with van der Waals surface area (Å²) < 4.78 is 7.68. The highest BCUT2D eigenvalue weighted by atomic mass is 35.5. The number of carboxylic acid groups (broad SMARTS) is 1. The van der Waals surface area contributed by atoms with E-state index in [1.165, 1.54) is 0 Å². The predicted octanol–water partition coefficient (Wildman–Crippen LogP) is 5.05. The van der Waals surface area contributed by atoms with Crippen LogP contribution in [-0.4, -0.2) is 27.5 Å². The van der Waals surface area contributed by atoms with Gasteiger partial charge >= 0.3 is 5.97 Å². The number of rotatable bonds is 10. The zero-order valence-electron chi connectivity index (χ0n) is 15.7. The van der Waals surface area contributed by atoms with Crippen molar-refractivity contribution in [2.45, 2.75) is 53.0 Å². The van der Waals surface area contributed by atoms with Crippen molar-refractivity contribution < 1.29 is 14.6 Å². The zero-order chi connectivity index (χ0) is 19.1. The lowest BCUT2D eigenvalue weighted by atomic mass is 10.1. The molecule has 0 saturated carbocycles. The van der Waals surface area contributed by atoms with Crippen LogP contribution in [0.5, 0.6) is 5.75 Å². The number of carboxylic acids is 1. The van der Waals surface area contributed by atoms with Crippen LogP contribution in [-0.2, 0) is 13.0 Å². The first-order valence-electron chi connectivity index (χ1n) is 9.19. The fourth-order valence-corrected chi connectivity index (χ4v) is 3.06. The maximum Gasteiger partial charge on any atom is 0.339 e. The number of aryl methyl sites for hydroxylation is 1. The van der Waals surface area contributed by atoms with E-state index >= 15 is 0 Å². The molecule has 0 radical (unpaired) electrons. The second kappa shape index (κ2) is 9.62. The Labute approximate surface area is 159 Å². The van der Waals surface area contributed by atoms with Crippen molar-refractivity contribution in [3.63, 3.8) is 0 Å². The Morgan fingerprint density at radius 2 is 2.04 bits per heavy atom. The fraction of sp³-hybridized carbons (Fsp3) is 0.500. The van der Waals surface area contributed by atoms with E-state index in [1.54, 1.807) is 10.9 Å². The van der Waals surface area contributed by atoms with Crippen molar-refractivity contribution in [2.75, 3.05) is 6.61 Å². The molecule has 0 spiro atoms. The summed E-state index contributed by atoms with van der Waals surface area (Å²) in [4.78, 5) is 11.4. The summed E-state index contributed by atoms with van der Waals surface area (Å²) in [6, 6.07) is 5.53. The Balaban J connectivity index is 2.24. The summed E-state index contributed by atoms with van der Waals surface area (Å²) in [5.74, 6) is 0.333. The standard InChI is InChI=1S/C20H27ClN2O3/c1-4-7-18-17(20(24)25)12-23(22-18)11-15-10-16(21)8-9-19(15)26-13-14(5-2)6-3/h8-10,12,14H,4-7,11,13H2,1-3H3,(H,24,25). The molecule has 0 unspecified atom stereocenters. The Hall–Kier alpha value is -2.01. The summed E-state index contributed by atoms with van der Waals surface area (Å²) in [7, 11) is 0. The molecule has 0 bridgehead atoms. The van der Waals surface area contributed by atoms with Gasteiger partial charge in [-0.2, -0.15) is 5.10 Å². The van der Waals surface area contributed by atoms with Gasteiger partial charge in [0.05, 0.1) is 18.8 Å². The van der Waals surface area contributed by atoms with Gasteiger partial charge in [0.1, 0.15) is 11.3 Å². The van der Waals surface area contributed by atoms with Gasteiger partial charge in [-0.3, -0.25) is 4.68 Å². The van der Waals surface area contributed by atoms with Crippen LogP contribution < -0.4 is 4.74 Å². The van der Waals surface area contributed by atoms with E-state index in [1.807, 2.05) is 25.1 Å². The lowest BCUT2D eigenvalue weighted by Gasteiger charge is -2.16. The molecule has 0 fully saturated rings. The van der Waals surface area contributed by atoms with Crippen LogP contribution in [0.15, 0.2) is 24.4 Å². The molecule has 6 heteroatoms. The van der Waals surface area contributed by atoms with Crippen LogP contribution in [0, 0.1) is 5.92 Å². The van der Waals surface area contributed by atoms with Crippen LogP contribution in [0.3, 0.4) is 0 Å². The highest BCUT2D eigenvalue weighted by Gasteiger charge is 2.16. The summed E-state index contributed by atoms with van der Waals surface area (Å²) in [5.41, 5.74) is 1.76. The maximum atomic E-state index is 11.4. The number of hydrogen-bond donors (Lipinski definition) is 1. The largest absolute Gasteiger partial charge is 0.493 e. The molecular weight excluding hydrogens is 352 g/mol. The normalized spacial score (nSPS) is 11.1. The smallest absolute Gasteiger partial charge is 0.339 e. The molecule has 1 heterocycles. The molecule has 0 atom stereocenters. The quantitative estimate of drug-likeness (QED) is 0.628. The minimum atomic E-state index is -0.948. The van der Waals surface area contributed by atoms with E-state index in [-0.39, 0.29) is 5.56 Å². The van der Waals surface area contributed by atoms with Gasteiger partial charge in [-0.1, -0.05) is 51.6 Å². The third-order valence-corrected chi connectivity index (χ3v) is 4.77. The van der Waals surface area contributed by atoms with Crippen LogP contribution in [0.1, 0.15) is 61.6 Å². The highest BCUT2D eigenvalue weighted by Crippen LogP contribution is 2.25.